The van der Waals surface area contributed by atoms with Crippen LogP contribution >= 0.6 is 11.3 Å². The molecule has 0 saturated heterocycles. The average Bonchev–Trinajstić information content (AvgIpc) is 3.04. The van der Waals surface area contributed by atoms with Crippen molar-refractivity contribution in [1.82, 2.24) is 10.2 Å². The van der Waals surface area contributed by atoms with Crippen LogP contribution in [0.2, 0.25) is 0 Å². The smallest absolute Gasteiger partial charge is 0.251 e. The van der Waals surface area contributed by atoms with E-state index in [1.54, 1.807) is 11.3 Å². The highest BCUT2D eigenvalue weighted by atomic mass is 32.1. The van der Waals surface area contributed by atoms with Crippen LogP contribution in [0.15, 0.2) is 35.7 Å². The fraction of sp³-hybridized carbons (Fsp3) is 0.400. The van der Waals surface area contributed by atoms with Gasteiger partial charge in [-0.15, -0.1) is 11.3 Å². The molecule has 2 aromatic rings. The molecule has 0 fully saturated rings. The van der Waals surface area contributed by atoms with E-state index in [1.807, 2.05) is 24.1 Å². The highest BCUT2D eigenvalue weighted by molar-refractivity contribution is 7.10. The fourth-order valence-electron chi connectivity index (χ4n) is 2.56. The number of rotatable bonds is 8. The van der Waals surface area contributed by atoms with Crippen molar-refractivity contribution in [1.29, 1.82) is 0 Å². The summed E-state index contributed by atoms with van der Waals surface area (Å²) >= 11 is 1.66. The van der Waals surface area contributed by atoms with Crippen LogP contribution in [-0.4, -0.2) is 29.3 Å². The number of amides is 2. The highest BCUT2D eigenvalue weighted by Gasteiger charge is 2.20. The van der Waals surface area contributed by atoms with Crippen LogP contribution in [0, 0.1) is 12.7 Å². The van der Waals surface area contributed by atoms with E-state index in [2.05, 4.69) is 18.3 Å². The highest BCUT2D eigenvalue weighted by Crippen LogP contribution is 2.20. The molecule has 2 rings (SSSR count). The number of carbonyl (C=O) groups is 2. The third-order valence-electron chi connectivity index (χ3n) is 4.46. The second-order valence-electron chi connectivity index (χ2n) is 6.32. The lowest BCUT2D eigenvalue weighted by molar-refractivity contribution is -0.133. The van der Waals surface area contributed by atoms with Gasteiger partial charge in [0.25, 0.3) is 5.91 Å². The Balaban J connectivity index is 1.91. The lowest BCUT2D eigenvalue weighted by Crippen LogP contribution is -2.39. The summed E-state index contributed by atoms with van der Waals surface area (Å²) in [6, 6.07) is 7.54. The zero-order valence-electron chi connectivity index (χ0n) is 15.4. The maximum absolute atomic E-state index is 12.9. The van der Waals surface area contributed by atoms with E-state index in [4.69, 9.17) is 0 Å². The molecule has 1 aromatic heterocycles. The Bertz CT molecular complexity index is 743. The third-order valence-corrected chi connectivity index (χ3v) is 5.46. The van der Waals surface area contributed by atoms with Gasteiger partial charge in [0, 0.05) is 29.4 Å². The van der Waals surface area contributed by atoms with Crippen LogP contribution in [-0.2, 0) is 11.3 Å². The van der Waals surface area contributed by atoms with Crippen molar-refractivity contribution in [3.63, 3.8) is 0 Å². The summed E-state index contributed by atoms with van der Waals surface area (Å²) in [4.78, 5) is 27.8. The lowest BCUT2D eigenvalue weighted by atomic mass is 10.1. The Morgan fingerprint density at radius 1 is 1.23 bits per heavy atom. The Morgan fingerprint density at radius 2 is 1.92 bits per heavy atom. The van der Waals surface area contributed by atoms with E-state index in [1.165, 1.54) is 34.7 Å². The largest absolute Gasteiger partial charge is 0.352 e. The molecule has 26 heavy (non-hydrogen) atoms. The van der Waals surface area contributed by atoms with Crippen molar-refractivity contribution in [2.24, 2.45) is 0 Å². The third kappa shape index (κ3) is 5.39. The molecule has 0 aliphatic heterocycles. The van der Waals surface area contributed by atoms with Crippen molar-refractivity contribution in [3.05, 3.63) is 57.5 Å². The summed E-state index contributed by atoms with van der Waals surface area (Å²) in [6.45, 7) is 7.00. The number of carbonyl (C=O) groups excluding carboxylic acids is 2. The predicted octanol–water partition coefficient (Wildman–Crippen LogP) is 4.14. The summed E-state index contributed by atoms with van der Waals surface area (Å²) in [5.74, 6) is -0.668. The lowest BCUT2D eigenvalue weighted by Gasteiger charge is -2.28. The molecule has 1 aromatic carbocycles. The molecule has 0 aliphatic carbocycles. The molecular weight excluding hydrogens is 351 g/mol. The second kappa shape index (κ2) is 9.48. The first-order valence-corrected chi connectivity index (χ1v) is 9.66. The normalized spacial score (nSPS) is 11.8. The standard InChI is InChI=1S/C20H25FN2O2S/c1-4-15(3)23(13-18-14(2)10-12-26-18)19(24)9-11-22-20(25)16-5-7-17(21)8-6-16/h5-8,10,12,15H,4,9,11,13H2,1-3H3,(H,22,25)/t15-/m1/s1. The van der Waals surface area contributed by atoms with Crippen molar-refractivity contribution in [2.45, 2.75) is 46.2 Å². The minimum atomic E-state index is -0.384. The van der Waals surface area contributed by atoms with Crippen LogP contribution in [0.5, 0.6) is 0 Å². The first-order chi connectivity index (χ1) is 12.4. The predicted molar refractivity (Wildman–Crippen MR) is 103 cm³/mol. The Morgan fingerprint density at radius 3 is 2.50 bits per heavy atom. The summed E-state index contributed by atoms with van der Waals surface area (Å²) in [6.07, 6.45) is 1.11. The minimum Gasteiger partial charge on any atom is -0.352 e. The molecule has 1 atom stereocenters. The second-order valence-corrected chi connectivity index (χ2v) is 7.32. The summed E-state index contributed by atoms with van der Waals surface area (Å²) in [7, 11) is 0. The average molecular weight is 376 g/mol. The Labute approximate surface area is 158 Å². The molecule has 140 valence electrons. The number of aryl methyl sites for hydroxylation is 1. The van der Waals surface area contributed by atoms with Gasteiger partial charge in [0.1, 0.15) is 5.82 Å². The van der Waals surface area contributed by atoms with Gasteiger partial charge in [0.15, 0.2) is 0 Å². The van der Waals surface area contributed by atoms with Gasteiger partial charge in [0.2, 0.25) is 5.91 Å². The summed E-state index contributed by atoms with van der Waals surface area (Å²) < 4.78 is 12.9. The van der Waals surface area contributed by atoms with Gasteiger partial charge < -0.3 is 10.2 Å². The molecule has 0 unspecified atom stereocenters. The molecule has 0 saturated carbocycles. The number of benzene rings is 1. The molecular formula is C20H25FN2O2S. The molecule has 0 bridgehead atoms. The zero-order chi connectivity index (χ0) is 19.1. The molecule has 0 radical (unpaired) electrons. The summed E-state index contributed by atoms with van der Waals surface area (Å²) in [5.41, 5.74) is 1.58. The van der Waals surface area contributed by atoms with Crippen LogP contribution in [0.1, 0.15) is 47.5 Å². The summed E-state index contributed by atoms with van der Waals surface area (Å²) in [5, 5.41) is 4.76. The molecule has 1 heterocycles. The monoisotopic (exact) mass is 376 g/mol. The van der Waals surface area contributed by atoms with Crippen LogP contribution < -0.4 is 5.32 Å². The molecule has 0 aliphatic rings. The van der Waals surface area contributed by atoms with Crippen LogP contribution in [0.3, 0.4) is 0 Å². The number of hydrogen-bond acceptors (Lipinski definition) is 3. The quantitative estimate of drug-likeness (QED) is 0.753. The zero-order valence-corrected chi connectivity index (χ0v) is 16.2. The molecule has 4 nitrogen and oxygen atoms in total. The van der Waals surface area contributed by atoms with Crippen molar-refractivity contribution in [2.75, 3.05) is 6.54 Å². The fourth-order valence-corrected chi connectivity index (χ4v) is 3.46. The van der Waals surface area contributed by atoms with Gasteiger partial charge in [-0.3, -0.25) is 9.59 Å². The van der Waals surface area contributed by atoms with Gasteiger partial charge >= 0.3 is 0 Å². The number of halogens is 1. The van der Waals surface area contributed by atoms with E-state index in [0.29, 0.717) is 12.1 Å². The van der Waals surface area contributed by atoms with Crippen molar-refractivity contribution in [3.8, 4) is 0 Å². The van der Waals surface area contributed by atoms with E-state index in [9.17, 15) is 14.0 Å². The first kappa shape index (κ1) is 20.1. The van der Waals surface area contributed by atoms with E-state index in [-0.39, 0.29) is 36.6 Å². The molecule has 0 spiro atoms. The number of nitrogens with zero attached hydrogens (tertiary/aromatic N) is 1. The van der Waals surface area contributed by atoms with Crippen LogP contribution in [0.25, 0.3) is 0 Å². The van der Waals surface area contributed by atoms with E-state index in [0.717, 1.165) is 6.42 Å². The molecule has 1 N–H and O–H groups in total. The van der Waals surface area contributed by atoms with Crippen molar-refractivity contribution < 1.29 is 14.0 Å². The van der Waals surface area contributed by atoms with Gasteiger partial charge in [-0.1, -0.05) is 6.92 Å². The van der Waals surface area contributed by atoms with Crippen LogP contribution in [0.4, 0.5) is 4.39 Å². The SMILES string of the molecule is CC[C@@H](C)N(Cc1sccc1C)C(=O)CCNC(=O)c1ccc(F)cc1. The van der Waals surface area contributed by atoms with Gasteiger partial charge in [-0.25, -0.2) is 4.39 Å². The van der Waals surface area contributed by atoms with E-state index >= 15 is 0 Å². The Hall–Kier alpha value is -2.21. The van der Waals surface area contributed by atoms with Gasteiger partial charge in [-0.2, -0.15) is 0 Å². The van der Waals surface area contributed by atoms with Gasteiger partial charge in [0.05, 0.1) is 6.54 Å². The topological polar surface area (TPSA) is 49.4 Å². The maximum Gasteiger partial charge on any atom is 0.251 e. The number of nitrogens with one attached hydrogen (secondary N) is 1. The molecule has 6 heteroatoms. The first-order valence-electron chi connectivity index (χ1n) is 8.78. The van der Waals surface area contributed by atoms with Crippen molar-refractivity contribution >= 4 is 23.2 Å². The molecule has 2 amide bonds. The van der Waals surface area contributed by atoms with Gasteiger partial charge in [-0.05, 0) is 61.5 Å². The Kier molecular flexibility index (Phi) is 7.33. The maximum atomic E-state index is 12.9. The number of hydrogen-bond donors (Lipinski definition) is 1. The number of thiophene rings is 1. The van der Waals surface area contributed by atoms with E-state index < -0.39 is 0 Å². The minimum absolute atomic E-state index is 0.0200.